The zero-order valence-corrected chi connectivity index (χ0v) is 14.4. The average Bonchev–Trinajstić information content (AvgIpc) is 2.61. The van der Waals surface area contributed by atoms with Crippen LogP contribution in [0.5, 0.6) is 0 Å². The Hall–Kier alpha value is -1.75. The van der Waals surface area contributed by atoms with Crippen LogP contribution in [0.4, 0.5) is 4.39 Å². The van der Waals surface area contributed by atoms with E-state index in [1.807, 2.05) is 0 Å². The molecular weight excluding hydrogens is 307 g/mol. The Morgan fingerprint density at radius 1 is 1.12 bits per heavy atom. The molecule has 1 amide bonds. The van der Waals surface area contributed by atoms with Crippen molar-refractivity contribution >= 4 is 11.7 Å². The van der Waals surface area contributed by atoms with Crippen molar-refractivity contribution < 1.29 is 14.0 Å². The molecule has 4 nitrogen and oxygen atoms in total. The Kier molecular flexibility index (Phi) is 7.37. The van der Waals surface area contributed by atoms with Gasteiger partial charge in [0.1, 0.15) is 5.82 Å². The second-order valence-electron chi connectivity index (χ2n) is 6.53. The molecule has 0 spiro atoms. The summed E-state index contributed by atoms with van der Waals surface area (Å²) in [5.41, 5.74) is 0.496. The molecule has 0 aromatic heterocycles. The van der Waals surface area contributed by atoms with Crippen LogP contribution in [0.15, 0.2) is 24.3 Å². The molecule has 5 heteroatoms. The van der Waals surface area contributed by atoms with Gasteiger partial charge in [-0.2, -0.15) is 0 Å². The Morgan fingerprint density at radius 3 is 2.46 bits per heavy atom. The number of piperidine rings is 1. The number of nitrogens with zero attached hydrogens (tertiary/aromatic N) is 1. The summed E-state index contributed by atoms with van der Waals surface area (Å²) in [6, 6.07) is 5.88. The van der Waals surface area contributed by atoms with Crippen molar-refractivity contribution in [3.05, 3.63) is 35.6 Å². The molecule has 0 saturated carbocycles. The molecular formula is C19H27FN2O2. The monoisotopic (exact) mass is 334 g/mol. The highest BCUT2D eigenvalue weighted by atomic mass is 19.1. The van der Waals surface area contributed by atoms with E-state index in [9.17, 15) is 14.0 Å². The number of carbonyl (C=O) groups excluding carboxylic acids is 2. The number of rotatable bonds is 8. The molecule has 0 radical (unpaired) electrons. The minimum absolute atomic E-state index is 0.00855. The first-order valence-electron chi connectivity index (χ1n) is 8.86. The van der Waals surface area contributed by atoms with Gasteiger partial charge in [0.2, 0.25) is 5.91 Å². The minimum atomic E-state index is -0.353. The van der Waals surface area contributed by atoms with Crippen molar-refractivity contribution in [3.8, 4) is 0 Å². The van der Waals surface area contributed by atoms with Gasteiger partial charge in [-0.25, -0.2) is 4.39 Å². The summed E-state index contributed by atoms with van der Waals surface area (Å²) < 4.78 is 12.8. The molecule has 132 valence electrons. The lowest BCUT2D eigenvalue weighted by atomic mass is 10.1. The molecule has 0 aliphatic carbocycles. The number of benzene rings is 1. The van der Waals surface area contributed by atoms with E-state index in [4.69, 9.17) is 0 Å². The maximum Gasteiger partial charge on any atom is 0.220 e. The zero-order chi connectivity index (χ0) is 17.4. The van der Waals surface area contributed by atoms with Crippen LogP contribution in [0, 0.1) is 5.82 Å². The highest BCUT2D eigenvalue weighted by molar-refractivity contribution is 5.96. The van der Waals surface area contributed by atoms with Crippen LogP contribution >= 0.6 is 0 Å². The lowest BCUT2D eigenvalue weighted by molar-refractivity contribution is -0.121. The lowest BCUT2D eigenvalue weighted by Crippen LogP contribution is -2.44. The number of hydrogen-bond donors (Lipinski definition) is 1. The number of Topliss-reactive ketones (excluding diaryl/α,β-unsaturated/α-hetero) is 1. The van der Waals surface area contributed by atoms with Crippen molar-refractivity contribution in [3.63, 3.8) is 0 Å². The molecule has 1 aliphatic heterocycles. The van der Waals surface area contributed by atoms with E-state index in [2.05, 4.69) is 17.1 Å². The molecule has 24 heavy (non-hydrogen) atoms. The van der Waals surface area contributed by atoms with Crippen molar-refractivity contribution in [2.24, 2.45) is 0 Å². The number of nitrogens with one attached hydrogen (secondary N) is 1. The average molecular weight is 334 g/mol. The Bertz CT molecular complexity index is 539. The van der Waals surface area contributed by atoms with Gasteiger partial charge in [0.25, 0.3) is 0 Å². The third-order valence-corrected chi connectivity index (χ3v) is 4.58. The standard InChI is InChI=1S/C19H27FN2O2/c1-15(22-12-3-2-4-13-22)14-21-19(24)7-5-6-18(23)16-8-10-17(20)11-9-16/h8-11,15H,2-7,12-14H2,1H3,(H,21,24). The largest absolute Gasteiger partial charge is 0.355 e. The molecule has 1 aliphatic rings. The smallest absolute Gasteiger partial charge is 0.220 e. The number of ketones is 1. The van der Waals surface area contributed by atoms with Gasteiger partial charge >= 0.3 is 0 Å². The topological polar surface area (TPSA) is 49.4 Å². The first-order valence-corrected chi connectivity index (χ1v) is 8.86. The Labute approximate surface area is 143 Å². The van der Waals surface area contributed by atoms with Gasteiger partial charge in [0.15, 0.2) is 5.78 Å². The van der Waals surface area contributed by atoms with Crippen molar-refractivity contribution in [2.45, 2.75) is 51.5 Å². The maximum absolute atomic E-state index is 12.8. The van der Waals surface area contributed by atoms with Gasteiger partial charge in [-0.1, -0.05) is 6.42 Å². The Morgan fingerprint density at radius 2 is 1.79 bits per heavy atom. The maximum atomic E-state index is 12.8. The van der Waals surface area contributed by atoms with Crippen LogP contribution in [0.2, 0.25) is 0 Å². The number of halogens is 1. The zero-order valence-electron chi connectivity index (χ0n) is 14.4. The number of carbonyl (C=O) groups is 2. The highest BCUT2D eigenvalue weighted by Gasteiger charge is 2.17. The Balaban J connectivity index is 1.62. The molecule has 1 fully saturated rings. The summed E-state index contributed by atoms with van der Waals surface area (Å²) in [6.07, 6.45) is 4.95. The molecule has 1 unspecified atom stereocenters. The lowest BCUT2D eigenvalue weighted by Gasteiger charge is -2.32. The molecule has 1 saturated heterocycles. The normalized spacial score (nSPS) is 16.6. The van der Waals surface area contributed by atoms with Crippen LogP contribution in [0.3, 0.4) is 0 Å². The predicted molar refractivity (Wildman–Crippen MR) is 92.5 cm³/mol. The fraction of sp³-hybridized carbons (Fsp3) is 0.579. The third kappa shape index (κ3) is 6.04. The second kappa shape index (κ2) is 9.52. The molecule has 2 rings (SSSR count). The molecule has 0 bridgehead atoms. The van der Waals surface area contributed by atoms with E-state index < -0.39 is 0 Å². The fourth-order valence-electron chi connectivity index (χ4n) is 3.03. The summed E-state index contributed by atoms with van der Waals surface area (Å²) in [6.45, 7) is 5.03. The van der Waals surface area contributed by atoms with Crippen molar-refractivity contribution in [1.29, 1.82) is 0 Å². The molecule has 1 aromatic rings. The van der Waals surface area contributed by atoms with Gasteiger partial charge in [-0.15, -0.1) is 0 Å². The quantitative estimate of drug-likeness (QED) is 0.743. The first-order chi connectivity index (χ1) is 11.6. The summed E-state index contributed by atoms with van der Waals surface area (Å²) in [7, 11) is 0. The molecule has 1 aromatic carbocycles. The molecule has 1 atom stereocenters. The van der Waals surface area contributed by atoms with Crippen LogP contribution < -0.4 is 5.32 Å². The fourth-order valence-corrected chi connectivity index (χ4v) is 3.03. The molecule has 1 N–H and O–H groups in total. The third-order valence-electron chi connectivity index (χ3n) is 4.58. The van der Waals surface area contributed by atoms with E-state index in [1.54, 1.807) is 0 Å². The van der Waals surface area contributed by atoms with Crippen molar-refractivity contribution in [1.82, 2.24) is 10.2 Å². The predicted octanol–water partition coefficient (Wildman–Crippen LogP) is 3.17. The summed E-state index contributed by atoms with van der Waals surface area (Å²) in [5.74, 6) is -0.413. The van der Waals surface area contributed by atoms with Crippen molar-refractivity contribution in [2.75, 3.05) is 19.6 Å². The minimum Gasteiger partial charge on any atom is -0.355 e. The summed E-state index contributed by atoms with van der Waals surface area (Å²) in [5, 5.41) is 2.96. The van der Waals surface area contributed by atoms with E-state index in [0.29, 0.717) is 37.4 Å². The van der Waals surface area contributed by atoms with E-state index in [0.717, 1.165) is 13.1 Å². The van der Waals surface area contributed by atoms with Gasteiger partial charge in [-0.05, 0) is 63.5 Å². The SMILES string of the molecule is CC(CNC(=O)CCCC(=O)c1ccc(F)cc1)N1CCCCC1. The number of hydrogen-bond acceptors (Lipinski definition) is 3. The number of amides is 1. The number of likely N-dealkylation sites (tertiary alicyclic amines) is 1. The van der Waals surface area contributed by atoms with Gasteiger partial charge < -0.3 is 5.32 Å². The van der Waals surface area contributed by atoms with Gasteiger partial charge in [0.05, 0.1) is 0 Å². The van der Waals surface area contributed by atoms with Gasteiger partial charge in [0, 0.05) is 31.0 Å². The van der Waals surface area contributed by atoms with E-state index in [1.165, 1.54) is 43.5 Å². The summed E-state index contributed by atoms with van der Waals surface area (Å²) in [4.78, 5) is 26.3. The highest BCUT2D eigenvalue weighted by Crippen LogP contribution is 2.12. The van der Waals surface area contributed by atoms with Crippen LogP contribution in [-0.2, 0) is 4.79 Å². The second-order valence-corrected chi connectivity index (χ2v) is 6.53. The van der Waals surface area contributed by atoms with E-state index >= 15 is 0 Å². The first kappa shape index (κ1) is 18.6. The summed E-state index contributed by atoms with van der Waals surface area (Å²) >= 11 is 0. The van der Waals surface area contributed by atoms with Gasteiger partial charge in [-0.3, -0.25) is 14.5 Å². The van der Waals surface area contributed by atoms with Crippen LogP contribution in [0.1, 0.15) is 55.8 Å². The van der Waals surface area contributed by atoms with E-state index in [-0.39, 0.29) is 17.5 Å². The van der Waals surface area contributed by atoms with Crippen LogP contribution in [0.25, 0.3) is 0 Å². The van der Waals surface area contributed by atoms with Crippen LogP contribution in [-0.4, -0.2) is 42.3 Å². The molecule has 1 heterocycles.